The first-order valence-corrected chi connectivity index (χ1v) is 8.75. The van der Waals surface area contributed by atoms with Gasteiger partial charge < -0.3 is 5.32 Å². The summed E-state index contributed by atoms with van der Waals surface area (Å²) in [6.45, 7) is 6.35. The molecule has 6 nitrogen and oxygen atoms in total. The van der Waals surface area contributed by atoms with Crippen molar-refractivity contribution in [2.24, 2.45) is 0 Å². The average molecular weight is 300 g/mol. The van der Waals surface area contributed by atoms with Crippen LogP contribution in [0.15, 0.2) is 5.03 Å². The van der Waals surface area contributed by atoms with Gasteiger partial charge in [-0.15, -0.1) is 0 Å². The third-order valence-corrected chi connectivity index (χ3v) is 5.23. The first-order valence-electron chi connectivity index (χ1n) is 7.27. The predicted octanol–water partition coefficient (Wildman–Crippen LogP) is 1.44. The second-order valence-electron chi connectivity index (χ2n) is 5.42. The second kappa shape index (κ2) is 6.24. The first-order chi connectivity index (χ1) is 9.47. The van der Waals surface area contributed by atoms with Crippen LogP contribution in [0.25, 0.3) is 0 Å². The van der Waals surface area contributed by atoms with Crippen LogP contribution in [0.2, 0.25) is 0 Å². The first kappa shape index (κ1) is 15.5. The zero-order valence-electron chi connectivity index (χ0n) is 12.4. The molecular weight excluding hydrogens is 276 g/mol. The summed E-state index contributed by atoms with van der Waals surface area (Å²) in [6.07, 6.45) is 3.89. The molecule has 1 aliphatic rings. The summed E-state index contributed by atoms with van der Waals surface area (Å²) < 4.78 is 27.6. The topological polar surface area (TPSA) is 86.9 Å². The molecule has 1 aromatic heterocycles. The van der Waals surface area contributed by atoms with Gasteiger partial charge in [0, 0.05) is 29.9 Å². The summed E-state index contributed by atoms with van der Waals surface area (Å²) in [5.41, 5.74) is 1.55. The van der Waals surface area contributed by atoms with Crippen molar-refractivity contribution in [2.75, 3.05) is 0 Å². The van der Waals surface area contributed by atoms with Crippen LogP contribution < -0.4 is 10.0 Å². The number of hydrogen-bond acceptors (Lipinski definition) is 4. The molecule has 0 spiro atoms. The van der Waals surface area contributed by atoms with Crippen molar-refractivity contribution in [1.29, 1.82) is 0 Å². The van der Waals surface area contributed by atoms with Crippen molar-refractivity contribution >= 4 is 10.0 Å². The van der Waals surface area contributed by atoms with Gasteiger partial charge in [-0.1, -0.05) is 13.8 Å². The Morgan fingerprint density at radius 1 is 1.35 bits per heavy atom. The van der Waals surface area contributed by atoms with Crippen LogP contribution in [-0.2, 0) is 16.6 Å². The zero-order chi connectivity index (χ0) is 14.8. The summed E-state index contributed by atoms with van der Waals surface area (Å²) in [4.78, 5) is 0. The molecule has 0 aliphatic heterocycles. The van der Waals surface area contributed by atoms with Crippen molar-refractivity contribution in [2.45, 2.75) is 70.1 Å². The normalized spacial score (nSPS) is 16.0. The molecule has 1 heterocycles. The minimum Gasteiger partial charge on any atom is -0.310 e. The van der Waals surface area contributed by atoms with Crippen molar-refractivity contribution in [1.82, 2.24) is 20.2 Å². The smallest absolute Gasteiger partial charge is 0.260 e. The molecule has 1 fully saturated rings. The third kappa shape index (κ3) is 3.59. The molecule has 0 amide bonds. The van der Waals surface area contributed by atoms with Crippen LogP contribution in [0.5, 0.6) is 0 Å². The van der Waals surface area contributed by atoms with Crippen LogP contribution in [-0.4, -0.2) is 30.7 Å². The zero-order valence-corrected chi connectivity index (χ0v) is 13.2. The van der Waals surface area contributed by atoms with Gasteiger partial charge in [-0.05, 0) is 32.6 Å². The molecule has 0 bridgehead atoms. The van der Waals surface area contributed by atoms with Gasteiger partial charge in [-0.3, -0.25) is 5.10 Å². The fraction of sp³-hybridized carbons (Fsp3) is 0.769. The van der Waals surface area contributed by atoms with Gasteiger partial charge in [-0.25, -0.2) is 13.1 Å². The Morgan fingerprint density at radius 3 is 2.55 bits per heavy atom. The minimum atomic E-state index is -3.55. The summed E-state index contributed by atoms with van der Waals surface area (Å²) in [7, 11) is -3.55. The van der Waals surface area contributed by atoms with E-state index in [0.29, 0.717) is 12.6 Å². The van der Waals surface area contributed by atoms with Crippen LogP contribution in [0.3, 0.4) is 0 Å². The van der Waals surface area contributed by atoms with Crippen LogP contribution >= 0.6 is 0 Å². The SMILES string of the molecule is CCC(CC)NS(=O)(=O)c1n[nH]c(C)c1CNC1CC1. The van der Waals surface area contributed by atoms with Gasteiger partial charge in [0.2, 0.25) is 0 Å². The lowest BCUT2D eigenvalue weighted by Crippen LogP contribution is -2.35. The highest BCUT2D eigenvalue weighted by atomic mass is 32.2. The molecule has 0 aromatic carbocycles. The number of aromatic nitrogens is 2. The van der Waals surface area contributed by atoms with Gasteiger partial charge in [0.25, 0.3) is 10.0 Å². The molecule has 7 heteroatoms. The number of nitrogens with zero attached hydrogens (tertiary/aromatic N) is 1. The van der Waals surface area contributed by atoms with E-state index in [9.17, 15) is 8.42 Å². The number of hydrogen-bond donors (Lipinski definition) is 3. The summed E-state index contributed by atoms with van der Waals surface area (Å²) in [5.74, 6) is 0. The average Bonchev–Trinajstić information content (AvgIpc) is 3.16. The molecule has 20 heavy (non-hydrogen) atoms. The van der Waals surface area contributed by atoms with Crippen molar-refractivity contribution in [3.05, 3.63) is 11.3 Å². The van der Waals surface area contributed by atoms with Crippen LogP contribution in [0, 0.1) is 6.92 Å². The number of nitrogens with one attached hydrogen (secondary N) is 3. The molecule has 0 atom stereocenters. The van der Waals surface area contributed by atoms with E-state index in [2.05, 4.69) is 20.2 Å². The number of rotatable bonds is 8. The van der Waals surface area contributed by atoms with E-state index in [1.54, 1.807) is 0 Å². The number of aromatic amines is 1. The van der Waals surface area contributed by atoms with E-state index in [-0.39, 0.29) is 11.1 Å². The summed E-state index contributed by atoms with van der Waals surface area (Å²) in [6, 6.07) is 0.494. The maximum Gasteiger partial charge on any atom is 0.260 e. The maximum absolute atomic E-state index is 12.4. The Balaban J connectivity index is 2.17. The minimum absolute atomic E-state index is 0.0405. The highest BCUT2D eigenvalue weighted by molar-refractivity contribution is 7.89. The molecule has 0 saturated heterocycles. The lowest BCUT2D eigenvalue weighted by Gasteiger charge is -2.14. The third-order valence-electron chi connectivity index (χ3n) is 3.74. The number of aryl methyl sites for hydroxylation is 1. The van der Waals surface area contributed by atoms with Gasteiger partial charge >= 0.3 is 0 Å². The number of H-pyrrole nitrogens is 1. The Bertz CT molecular complexity index is 545. The molecule has 1 aliphatic carbocycles. The Labute approximate surface area is 120 Å². The standard InChI is InChI=1S/C13H24N4O2S/c1-4-10(5-2)17-20(18,19)13-12(9(3)15-16-13)8-14-11-6-7-11/h10-11,14,17H,4-8H2,1-3H3,(H,15,16). The molecule has 2 rings (SSSR count). The Hall–Kier alpha value is -0.920. The van der Waals surface area contributed by atoms with Crippen molar-refractivity contribution < 1.29 is 8.42 Å². The van der Waals surface area contributed by atoms with Gasteiger partial charge in [0.1, 0.15) is 0 Å². The van der Waals surface area contributed by atoms with Crippen LogP contribution in [0.1, 0.15) is 50.8 Å². The van der Waals surface area contributed by atoms with E-state index in [0.717, 1.165) is 24.1 Å². The van der Waals surface area contributed by atoms with E-state index in [1.807, 2.05) is 20.8 Å². The lowest BCUT2D eigenvalue weighted by molar-refractivity contribution is 0.525. The molecule has 1 saturated carbocycles. The fourth-order valence-electron chi connectivity index (χ4n) is 2.12. The summed E-state index contributed by atoms with van der Waals surface area (Å²) in [5, 5.41) is 10.3. The van der Waals surface area contributed by atoms with Crippen LogP contribution in [0.4, 0.5) is 0 Å². The molecule has 3 N–H and O–H groups in total. The molecule has 1 aromatic rings. The van der Waals surface area contributed by atoms with Crippen molar-refractivity contribution in [3.63, 3.8) is 0 Å². The van der Waals surface area contributed by atoms with E-state index < -0.39 is 10.0 Å². The monoisotopic (exact) mass is 300 g/mol. The largest absolute Gasteiger partial charge is 0.310 e. The summed E-state index contributed by atoms with van der Waals surface area (Å²) >= 11 is 0. The molecule has 0 radical (unpaired) electrons. The maximum atomic E-state index is 12.4. The molecular formula is C13H24N4O2S. The Morgan fingerprint density at radius 2 is 2.00 bits per heavy atom. The van der Waals surface area contributed by atoms with E-state index in [1.165, 1.54) is 12.8 Å². The predicted molar refractivity (Wildman–Crippen MR) is 77.9 cm³/mol. The quantitative estimate of drug-likeness (QED) is 0.678. The lowest BCUT2D eigenvalue weighted by atomic mass is 10.2. The van der Waals surface area contributed by atoms with Gasteiger partial charge in [0.15, 0.2) is 5.03 Å². The Kier molecular flexibility index (Phi) is 4.82. The van der Waals surface area contributed by atoms with E-state index >= 15 is 0 Å². The molecule has 0 unspecified atom stereocenters. The second-order valence-corrected chi connectivity index (χ2v) is 7.05. The van der Waals surface area contributed by atoms with Gasteiger partial charge in [0.05, 0.1) is 0 Å². The molecule has 114 valence electrons. The highest BCUT2D eigenvalue weighted by Gasteiger charge is 2.27. The van der Waals surface area contributed by atoms with Gasteiger partial charge in [-0.2, -0.15) is 5.10 Å². The van der Waals surface area contributed by atoms with E-state index in [4.69, 9.17) is 0 Å². The number of sulfonamides is 1. The van der Waals surface area contributed by atoms with Crippen molar-refractivity contribution in [3.8, 4) is 0 Å². The fourth-order valence-corrected chi connectivity index (χ4v) is 3.72. The highest BCUT2D eigenvalue weighted by Crippen LogP contribution is 2.22.